The van der Waals surface area contributed by atoms with Crippen molar-refractivity contribution < 1.29 is 4.39 Å². The van der Waals surface area contributed by atoms with Gasteiger partial charge in [-0.1, -0.05) is 6.07 Å². The monoisotopic (exact) mass is 164 g/mol. The number of fused-ring (bicyclic) bond motifs is 1. The summed E-state index contributed by atoms with van der Waals surface area (Å²) >= 11 is 0. The molecule has 0 aliphatic heterocycles. The molecular weight excluding hydrogens is 151 g/mol. The fourth-order valence-electron chi connectivity index (χ4n) is 1.88. The van der Waals surface area contributed by atoms with Gasteiger partial charge in [0, 0.05) is 0 Å². The number of rotatable bonds is 0. The fourth-order valence-corrected chi connectivity index (χ4v) is 1.88. The lowest BCUT2D eigenvalue weighted by atomic mass is 9.90. The second-order valence-electron chi connectivity index (χ2n) is 3.58. The minimum absolute atomic E-state index is 0.0457. The summed E-state index contributed by atoms with van der Waals surface area (Å²) in [7, 11) is 0. The number of hydrogen-bond acceptors (Lipinski definition) is 0. The topological polar surface area (TPSA) is 0 Å². The van der Waals surface area contributed by atoms with E-state index in [4.69, 9.17) is 0 Å². The molecule has 12 heavy (non-hydrogen) atoms. The van der Waals surface area contributed by atoms with E-state index in [1.807, 2.05) is 13.0 Å². The van der Waals surface area contributed by atoms with Gasteiger partial charge in [-0.05, 0) is 55.4 Å². The van der Waals surface area contributed by atoms with Crippen molar-refractivity contribution in [3.63, 3.8) is 0 Å². The molecule has 1 heteroatoms. The predicted molar refractivity (Wildman–Crippen MR) is 47.8 cm³/mol. The smallest absolute Gasteiger partial charge is 0.126 e. The Kier molecular flexibility index (Phi) is 1.87. The first kappa shape index (κ1) is 7.78. The maximum atomic E-state index is 13.1. The lowest BCUT2D eigenvalue weighted by Crippen LogP contribution is -2.03. The van der Waals surface area contributed by atoms with E-state index in [9.17, 15) is 4.39 Å². The standard InChI is InChI=1S/C11H13F/c1-8-6-9-4-2-3-5-10(9)7-11(8)12/h6-7H,2-5H2,1H3. The van der Waals surface area contributed by atoms with Crippen molar-refractivity contribution in [1.29, 1.82) is 0 Å². The molecule has 0 aromatic heterocycles. The molecule has 0 N–H and O–H groups in total. The largest absolute Gasteiger partial charge is 0.207 e. The van der Waals surface area contributed by atoms with Crippen LogP contribution < -0.4 is 0 Å². The Morgan fingerprint density at radius 1 is 1.08 bits per heavy atom. The number of hydrogen-bond donors (Lipinski definition) is 0. The molecule has 1 aromatic rings. The minimum Gasteiger partial charge on any atom is -0.207 e. The molecule has 0 saturated carbocycles. The molecule has 1 aliphatic carbocycles. The van der Waals surface area contributed by atoms with Gasteiger partial charge in [-0.3, -0.25) is 0 Å². The van der Waals surface area contributed by atoms with Crippen molar-refractivity contribution in [3.05, 3.63) is 34.6 Å². The summed E-state index contributed by atoms with van der Waals surface area (Å²) in [5, 5.41) is 0. The summed E-state index contributed by atoms with van der Waals surface area (Å²) in [5.41, 5.74) is 3.38. The van der Waals surface area contributed by atoms with Gasteiger partial charge >= 0.3 is 0 Å². The zero-order valence-corrected chi connectivity index (χ0v) is 7.36. The molecule has 0 bridgehead atoms. The van der Waals surface area contributed by atoms with Gasteiger partial charge in [0.05, 0.1) is 0 Å². The molecule has 0 amide bonds. The third-order valence-corrected chi connectivity index (χ3v) is 2.62. The zero-order valence-electron chi connectivity index (χ0n) is 7.36. The van der Waals surface area contributed by atoms with E-state index in [0.29, 0.717) is 0 Å². The maximum absolute atomic E-state index is 13.1. The van der Waals surface area contributed by atoms with Gasteiger partial charge in [0.1, 0.15) is 5.82 Å². The molecule has 0 unspecified atom stereocenters. The van der Waals surface area contributed by atoms with Crippen molar-refractivity contribution in [2.24, 2.45) is 0 Å². The van der Waals surface area contributed by atoms with Crippen LogP contribution in [0.5, 0.6) is 0 Å². The van der Waals surface area contributed by atoms with Crippen molar-refractivity contribution in [3.8, 4) is 0 Å². The summed E-state index contributed by atoms with van der Waals surface area (Å²) in [6.07, 6.45) is 4.68. The summed E-state index contributed by atoms with van der Waals surface area (Å²) < 4.78 is 13.1. The zero-order chi connectivity index (χ0) is 8.55. The third-order valence-electron chi connectivity index (χ3n) is 2.62. The third kappa shape index (κ3) is 1.24. The molecule has 1 aromatic carbocycles. The Morgan fingerprint density at radius 2 is 1.67 bits per heavy atom. The van der Waals surface area contributed by atoms with Gasteiger partial charge in [0.25, 0.3) is 0 Å². The summed E-state index contributed by atoms with van der Waals surface area (Å²) in [5.74, 6) is -0.0457. The van der Waals surface area contributed by atoms with Crippen molar-refractivity contribution in [2.45, 2.75) is 32.6 Å². The van der Waals surface area contributed by atoms with Crippen LogP contribution >= 0.6 is 0 Å². The van der Waals surface area contributed by atoms with Crippen LogP contribution in [0.25, 0.3) is 0 Å². The van der Waals surface area contributed by atoms with Crippen molar-refractivity contribution in [2.75, 3.05) is 0 Å². The second-order valence-corrected chi connectivity index (χ2v) is 3.58. The molecule has 0 saturated heterocycles. The Morgan fingerprint density at radius 3 is 2.33 bits per heavy atom. The first-order chi connectivity index (χ1) is 5.77. The molecule has 2 rings (SSSR count). The van der Waals surface area contributed by atoms with Gasteiger partial charge in [0.15, 0.2) is 0 Å². The average Bonchev–Trinajstić information content (AvgIpc) is 2.07. The molecule has 0 atom stereocenters. The van der Waals surface area contributed by atoms with Crippen molar-refractivity contribution >= 4 is 0 Å². The Bertz CT molecular complexity index is 271. The molecule has 0 spiro atoms. The second kappa shape index (κ2) is 2.89. The Hall–Kier alpha value is -0.850. The SMILES string of the molecule is Cc1cc2c(cc1F)CCCC2. The lowest BCUT2D eigenvalue weighted by Gasteiger charge is -2.16. The highest BCUT2D eigenvalue weighted by Gasteiger charge is 2.10. The van der Waals surface area contributed by atoms with Crippen LogP contribution in [0.2, 0.25) is 0 Å². The van der Waals surface area contributed by atoms with E-state index in [-0.39, 0.29) is 5.82 Å². The van der Waals surface area contributed by atoms with E-state index in [0.717, 1.165) is 18.4 Å². The van der Waals surface area contributed by atoms with Crippen LogP contribution in [-0.2, 0) is 12.8 Å². The van der Waals surface area contributed by atoms with Gasteiger partial charge in [-0.25, -0.2) is 4.39 Å². The maximum Gasteiger partial charge on any atom is 0.126 e. The highest BCUT2D eigenvalue weighted by Crippen LogP contribution is 2.23. The Balaban J connectivity index is 2.49. The first-order valence-electron chi connectivity index (χ1n) is 4.55. The van der Waals surface area contributed by atoms with Crippen LogP contribution in [0.15, 0.2) is 12.1 Å². The van der Waals surface area contributed by atoms with E-state index < -0.39 is 0 Å². The minimum atomic E-state index is -0.0457. The molecule has 64 valence electrons. The highest BCUT2D eigenvalue weighted by molar-refractivity contribution is 5.34. The van der Waals surface area contributed by atoms with Gasteiger partial charge < -0.3 is 0 Å². The van der Waals surface area contributed by atoms with Crippen LogP contribution in [0.4, 0.5) is 4.39 Å². The predicted octanol–water partition coefficient (Wildman–Crippen LogP) is 3.01. The summed E-state index contributed by atoms with van der Waals surface area (Å²) in [4.78, 5) is 0. The molecule has 0 nitrogen and oxygen atoms in total. The molecular formula is C11H13F. The fraction of sp³-hybridized carbons (Fsp3) is 0.455. The van der Waals surface area contributed by atoms with Gasteiger partial charge in [0.2, 0.25) is 0 Å². The summed E-state index contributed by atoms with van der Waals surface area (Å²) in [6, 6.07) is 3.72. The molecule has 0 heterocycles. The quantitative estimate of drug-likeness (QED) is 0.553. The highest BCUT2D eigenvalue weighted by atomic mass is 19.1. The average molecular weight is 164 g/mol. The van der Waals surface area contributed by atoms with Crippen molar-refractivity contribution in [1.82, 2.24) is 0 Å². The van der Waals surface area contributed by atoms with E-state index in [2.05, 4.69) is 0 Å². The van der Waals surface area contributed by atoms with Crippen LogP contribution in [0, 0.1) is 12.7 Å². The number of halogens is 1. The van der Waals surface area contributed by atoms with Gasteiger partial charge in [-0.15, -0.1) is 0 Å². The van der Waals surface area contributed by atoms with E-state index in [1.165, 1.54) is 24.0 Å². The van der Waals surface area contributed by atoms with E-state index >= 15 is 0 Å². The Labute approximate surface area is 72.4 Å². The summed E-state index contributed by atoms with van der Waals surface area (Å²) in [6.45, 7) is 1.84. The number of benzene rings is 1. The van der Waals surface area contributed by atoms with Crippen LogP contribution in [-0.4, -0.2) is 0 Å². The molecule has 0 fully saturated rings. The molecule has 0 radical (unpaired) electrons. The van der Waals surface area contributed by atoms with Gasteiger partial charge in [-0.2, -0.15) is 0 Å². The molecule has 1 aliphatic rings. The number of aryl methyl sites for hydroxylation is 3. The lowest BCUT2D eigenvalue weighted by molar-refractivity contribution is 0.605. The van der Waals surface area contributed by atoms with E-state index in [1.54, 1.807) is 6.07 Å². The first-order valence-corrected chi connectivity index (χ1v) is 4.55. The van der Waals surface area contributed by atoms with Crippen LogP contribution in [0.3, 0.4) is 0 Å². The van der Waals surface area contributed by atoms with Crippen LogP contribution in [0.1, 0.15) is 29.5 Å². The normalized spacial score (nSPS) is 15.8.